The quantitative estimate of drug-likeness (QED) is 0.615. The molecule has 0 nitrogen and oxygen atoms in total. The number of halogens is 1. The Hall–Kier alpha value is -0.490. The van der Waals surface area contributed by atoms with Gasteiger partial charge in [-0.3, -0.25) is 0 Å². The first-order valence-electron chi connectivity index (χ1n) is 8.09. The molecule has 0 saturated heterocycles. The zero-order valence-electron chi connectivity index (χ0n) is 13.7. The highest BCUT2D eigenvalue weighted by atomic mass is 35.5. The third kappa shape index (κ3) is 3.58. The van der Waals surface area contributed by atoms with Crippen LogP contribution in [0.25, 0.3) is 0 Å². The molecular formula is C19H29Cl. The van der Waals surface area contributed by atoms with Gasteiger partial charge in [-0.15, -0.1) is 11.6 Å². The first-order valence-corrected chi connectivity index (χ1v) is 8.53. The molecule has 0 heterocycles. The van der Waals surface area contributed by atoms with E-state index >= 15 is 0 Å². The van der Waals surface area contributed by atoms with Gasteiger partial charge in [0.1, 0.15) is 0 Å². The molecule has 2 rings (SSSR count). The molecular weight excluding hydrogens is 264 g/mol. The summed E-state index contributed by atoms with van der Waals surface area (Å²) in [4.78, 5) is 0. The monoisotopic (exact) mass is 292 g/mol. The van der Waals surface area contributed by atoms with Crippen LogP contribution in [-0.4, -0.2) is 5.38 Å². The molecule has 1 aromatic carbocycles. The van der Waals surface area contributed by atoms with Gasteiger partial charge in [0.15, 0.2) is 0 Å². The second kappa shape index (κ2) is 6.52. The van der Waals surface area contributed by atoms with Crippen molar-refractivity contribution in [3.63, 3.8) is 0 Å². The molecule has 1 saturated carbocycles. The van der Waals surface area contributed by atoms with Crippen LogP contribution in [0.5, 0.6) is 0 Å². The fourth-order valence-electron chi connectivity index (χ4n) is 3.87. The lowest BCUT2D eigenvalue weighted by molar-refractivity contribution is 0.218. The molecule has 0 amide bonds. The molecule has 1 heteroatoms. The van der Waals surface area contributed by atoms with Crippen molar-refractivity contribution in [3.05, 3.63) is 34.4 Å². The minimum atomic E-state index is 0.366. The molecule has 1 aromatic rings. The van der Waals surface area contributed by atoms with E-state index in [-0.39, 0.29) is 0 Å². The van der Waals surface area contributed by atoms with Gasteiger partial charge in [0.05, 0.1) is 0 Å². The van der Waals surface area contributed by atoms with E-state index in [1.807, 2.05) is 0 Å². The van der Waals surface area contributed by atoms with E-state index in [1.165, 1.54) is 41.5 Å². The smallest absolute Gasteiger partial charge is 0.0367 e. The lowest BCUT2D eigenvalue weighted by Gasteiger charge is -2.35. The van der Waals surface area contributed by atoms with Gasteiger partial charge < -0.3 is 0 Å². The van der Waals surface area contributed by atoms with Gasteiger partial charge in [-0.1, -0.05) is 31.5 Å². The zero-order chi connectivity index (χ0) is 14.9. The molecule has 0 aliphatic heterocycles. The van der Waals surface area contributed by atoms with Crippen LogP contribution in [0, 0.1) is 38.5 Å². The maximum atomic E-state index is 6.64. The SMILES string of the molecule is Cc1cc(C)c(CC2CC(C(C)C)CCC2Cl)c(C)c1. The highest BCUT2D eigenvalue weighted by Crippen LogP contribution is 2.38. The van der Waals surface area contributed by atoms with E-state index in [0.717, 1.165) is 18.3 Å². The topological polar surface area (TPSA) is 0 Å². The molecule has 3 unspecified atom stereocenters. The summed E-state index contributed by atoms with van der Waals surface area (Å²) in [6.45, 7) is 11.4. The van der Waals surface area contributed by atoms with Crippen LogP contribution in [0.3, 0.4) is 0 Å². The summed E-state index contributed by atoms with van der Waals surface area (Å²) >= 11 is 6.64. The van der Waals surface area contributed by atoms with E-state index in [4.69, 9.17) is 11.6 Å². The average molecular weight is 293 g/mol. The highest BCUT2D eigenvalue weighted by molar-refractivity contribution is 6.20. The number of hydrogen-bond donors (Lipinski definition) is 0. The van der Waals surface area contributed by atoms with Gasteiger partial charge in [0, 0.05) is 5.38 Å². The number of alkyl halides is 1. The molecule has 20 heavy (non-hydrogen) atoms. The van der Waals surface area contributed by atoms with Crippen molar-refractivity contribution in [2.75, 3.05) is 0 Å². The van der Waals surface area contributed by atoms with Crippen LogP contribution >= 0.6 is 11.6 Å². The molecule has 112 valence electrons. The Morgan fingerprint density at radius 2 is 1.70 bits per heavy atom. The largest absolute Gasteiger partial charge is 0.123 e. The van der Waals surface area contributed by atoms with Crippen molar-refractivity contribution < 1.29 is 0 Å². The second-order valence-electron chi connectivity index (χ2n) is 7.17. The van der Waals surface area contributed by atoms with Gasteiger partial charge in [-0.25, -0.2) is 0 Å². The Balaban J connectivity index is 2.16. The van der Waals surface area contributed by atoms with Gasteiger partial charge in [0.2, 0.25) is 0 Å². The molecule has 0 N–H and O–H groups in total. The number of aryl methyl sites for hydroxylation is 3. The minimum Gasteiger partial charge on any atom is -0.123 e. The number of rotatable bonds is 3. The molecule has 1 aliphatic rings. The van der Waals surface area contributed by atoms with Crippen LogP contribution < -0.4 is 0 Å². The highest BCUT2D eigenvalue weighted by Gasteiger charge is 2.31. The Morgan fingerprint density at radius 1 is 1.10 bits per heavy atom. The third-order valence-electron chi connectivity index (χ3n) is 5.18. The van der Waals surface area contributed by atoms with Gasteiger partial charge in [-0.05, 0) is 80.9 Å². The van der Waals surface area contributed by atoms with E-state index < -0.39 is 0 Å². The van der Waals surface area contributed by atoms with Crippen molar-refractivity contribution in [1.29, 1.82) is 0 Å². The summed E-state index contributed by atoms with van der Waals surface area (Å²) in [7, 11) is 0. The molecule has 1 fully saturated rings. The second-order valence-corrected chi connectivity index (χ2v) is 7.74. The Morgan fingerprint density at radius 3 is 2.25 bits per heavy atom. The summed E-state index contributed by atoms with van der Waals surface area (Å²) in [5.74, 6) is 2.31. The van der Waals surface area contributed by atoms with Crippen LogP contribution in [-0.2, 0) is 6.42 Å². The van der Waals surface area contributed by atoms with Crippen LogP contribution in [0.15, 0.2) is 12.1 Å². The summed E-state index contributed by atoms with van der Waals surface area (Å²) in [6.07, 6.45) is 4.97. The molecule has 0 radical (unpaired) electrons. The first-order chi connectivity index (χ1) is 9.38. The average Bonchev–Trinajstić information content (AvgIpc) is 2.35. The van der Waals surface area contributed by atoms with Crippen LogP contribution in [0.1, 0.15) is 55.4 Å². The van der Waals surface area contributed by atoms with Crippen molar-refractivity contribution in [3.8, 4) is 0 Å². The van der Waals surface area contributed by atoms with E-state index in [2.05, 4.69) is 46.8 Å². The van der Waals surface area contributed by atoms with E-state index in [1.54, 1.807) is 0 Å². The summed E-state index contributed by atoms with van der Waals surface area (Å²) < 4.78 is 0. The summed E-state index contributed by atoms with van der Waals surface area (Å²) in [6, 6.07) is 4.63. The van der Waals surface area contributed by atoms with Crippen molar-refractivity contribution >= 4 is 11.6 Å². The van der Waals surface area contributed by atoms with Gasteiger partial charge >= 0.3 is 0 Å². The fraction of sp³-hybridized carbons (Fsp3) is 0.684. The predicted octanol–water partition coefficient (Wildman–Crippen LogP) is 5.83. The van der Waals surface area contributed by atoms with Gasteiger partial charge in [-0.2, -0.15) is 0 Å². The molecule has 0 spiro atoms. The molecule has 0 bridgehead atoms. The maximum Gasteiger partial charge on any atom is 0.0367 e. The molecule has 1 aliphatic carbocycles. The lowest BCUT2D eigenvalue weighted by atomic mass is 9.73. The third-order valence-corrected chi connectivity index (χ3v) is 5.75. The normalized spacial score (nSPS) is 27.1. The first kappa shape index (κ1) is 15.9. The van der Waals surface area contributed by atoms with Crippen LogP contribution in [0.4, 0.5) is 0 Å². The van der Waals surface area contributed by atoms with E-state index in [0.29, 0.717) is 11.3 Å². The zero-order valence-corrected chi connectivity index (χ0v) is 14.4. The standard InChI is InChI=1S/C19H29Cl/c1-12(2)16-6-7-19(20)17(10-16)11-18-14(4)8-13(3)9-15(18)5/h8-9,12,16-17,19H,6-7,10-11H2,1-5H3. The Bertz CT molecular complexity index is 438. The lowest BCUT2D eigenvalue weighted by Crippen LogP contribution is -2.29. The Labute approximate surface area is 129 Å². The minimum absolute atomic E-state index is 0.366. The van der Waals surface area contributed by atoms with Crippen molar-refractivity contribution in [2.24, 2.45) is 17.8 Å². The van der Waals surface area contributed by atoms with Crippen molar-refractivity contribution in [1.82, 2.24) is 0 Å². The summed E-state index contributed by atoms with van der Waals surface area (Å²) in [5, 5.41) is 0.366. The molecule has 3 atom stereocenters. The van der Waals surface area contributed by atoms with Crippen molar-refractivity contribution in [2.45, 2.75) is 65.7 Å². The molecule has 0 aromatic heterocycles. The van der Waals surface area contributed by atoms with Gasteiger partial charge in [0.25, 0.3) is 0 Å². The summed E-state index contributed by atoms with van der Waals surface area (Å²) in [5.41, 5.74) is 5.79. The predicted molar refractivity (Wildman–Crippen MR) is 89.7 cm³/mol. The van der Waals surface area contributed by atoms with E-state index in [9.17, 15) is 0 Å². The number of benzene rings is 1. The Kier molecular flexibility index (Phi) is 5.18. The maximum absolute atomic E-state index is 6.64. The fourth-order valence-corrected chi connectivity index (χ4v) is 4.19. The number of hydrogen-bond acceptors (Lipinski definition) is 0. The van der Waals surface area contributed by atoms with Crippen LogP contribution in [0.2, 0.25) is 0 Å².